The van der Waals surface area contributed by atoms with Gasteiger partial charge in [-0.25, -0.2) is 9.97 Å². The predicted molar refractivity (Wildman–Crippen MR) is 101 cm³/mol. The monoisotopic (exact) mass is 364 g/mol. The van der Waals surface area contributed by atoms with E-state index in [-0.39, 0.29) is 11.7 Å². The first kappa shape index (κ1) is 16.4. The van der Waals surface area contributed by atoms with E-state index in [2.05, 4.69) is 20.3 Å². The van der Waals surface area contributed by atoms with Gasteiger partial charge in [0.25, 0.3) is 0 Å². The molecule has 0 fully saturated rings. The zero-order chi connectivity index (χ0) is 17.8. The minimum Gasteiger partial charge on any atom is -0.467 e. The molecule has 0 aliphatic heterocycles. The Morgan fingerprint density at radius 1 is 1.15 bits per heavy atom. The van der Waals surface area contributed by atoms with Crippen LogP contribution in [0, 0.1) is 0 Å². The molecule has 26 heavy (non-hydrogen) atoms. The molecule has 0 aliphatic carbocycles. The van der Waals surface area contributed by atoms with Crippen LogP contribution in [0.25, 0.3) is 22.2 Å². The van der Waals surface area contributed by atoms with Crippen LogP contribution >= 0.6 is 11.8 Å². The number of thioether (sulfide) groups is 1. The molecule has 1 aromatic carbocycles. The van der Waals surface area contributed by atoms with Gasteiger partial charge in [-0.05, 0) is 17.7 Å². The first-order valence-electron chi connectivity index (χ1n) is 8.10. The van der Waals surface area contributed by atoms with E-state index in [1.165, 1.54) is 18.1 Å². The number of furan rings is 1. The lowest BCUT2D eigenvalue weighted by atomic mass is 10.1. The number of carbonyl (C=O) groups is 1. The van der Waals surface area contributed by atoms with E-state index in [1.54, 1.807) is 12.3 Å². The van der Waals surface area contributed by atoms with Gasteiger partial charge < -0.3 is 14.7 Å². The fraction of sp³-hybridized carbons (Fsp3) is 0.105. The lowest BCUT2D eigenvalue weighted by Crippen LogP contribution is -2.24. The third-order valence-corrected chi connectivity index (χ3v) is 4.88. The molecule has 0 saturated heterocycles. The predicted octanol–water partition coefficient (Wildman–Crippen LogP) is 3.63. The second-order valence-electron chi connectivity index (χ2n) is 5.62. The summed E-state index contributed by atoms with van der Waals surface area (Å²) in [7, 11) is 0. The highest BCUT2D eigenvalue weighted by atomic mass is 32.2. The van der Waals surface area contributed by atoms with Crippen molar-refractivity contribution >= 4 is 28.7 Å². The Bertz CT molecular complexity index is 1010. The zero-order valence-electron chi connectivity index (χ0n) is 13.8. The van der Waals surface area contributed by atoms with E-state index in [0.717, 1.165) is 32.9 Å². The number of nitrogens with zero attached hydrogens (tertiary/aromatic N) is 2. The molecular weight excluding hydrogens is 348 g/mol. The molecule has 4 aromatic rings. The Morgan fingerprint density at radius 2 is 2.04 bits per heavy atom. The van der Waals surface area contributed by atoms with E-state index in [9.17, 15) is 4.79 Å². The number of carbonyl (C=O) groups excluding carboxylic acids is 1. The number of fused-ring (bicyclic) bond motifs is 1. The van der Waals surface area contributed by atoms with Gasteiger partial charge >= 0.3 is 0 Å². The minimum atomic E-state index is -0.0759. The smallest absolute Gasteiger partial charge is 0.230 e. The molecule has 3 heterocycles. The molecule has 0 bridgehead atoms. The van der Waals surface area contributed by atoms with Gasteiger partial charge in [-0.1, -0.05) is 42.1 Å². The number of rotatable bonds is 6. The molecule has 0 atom stereocenters. The normalized spacial score (nSPS) is 10.9. The molecule has 0 spiro atoms. The van der Waals surface area contributed by atoms with Crippen LogP contribution in [0.1, 0.15) is 5.76 Å². The molecule has 130 valence electrons. The Hall–Kier alpha value is -3.06. The fourth-order valence-electron chi connectivity index (χ4n) is 2.65. The summed E-state index contributed by atoms with van der Waals surface area (Å²) in [6.07, 6.45) is 5.05. The number of nitrogens with one attached hydrogen (secondary N) is 2. The van der Waals surface area contributed by atoms with Crippen LogP contribution in [0.4, 0.5) is 0 Å². The van der Waals surface area contributed by atoms with Gasteiger partial charge in [0.05, 0.1) is 24.1 Å². The molecule has 0 unspecified atom stereocenters. The van der Waals surface area contributed by atoms with Crippen LogP contribution in [0.2, 0.25) is 0 Å². The van der Waals surface area contributed by atoms with Crippen LogP contribution in [0.15, 0.2) is 70.7 Å². The summed E-state index contributed by atoms with van der Waals surface area (Å²) in [5.74, 6) is 0.921. The van der Waals surface area contributed by atoms with Crippen LogP contribution in [-0.2, 0) is 11.3 Å². The van der Waals surface area contributed by atoms with Crippen LogP contribution in [0.5, 0.6) is 0 Å². The van der Waals surface area contributed by atoms with Crippen molar-refractivity contribution in [2.24, 2.45) is 0 Å². The maximum absolute atomic E-state index is 12.0. The van der Waals surface area contributed by atoms with Crippen molar-refractivity contribution in [1.29, 1.82) is 0 Å². The summed E-state index contributed by atoms with van der Waals surface area (Å²) in [6, 6.07) is 13.7. The van der Waals surface area contributed by atoms with Gasteiger partial charge in [-0.3, -0.25) is 4.79 Å². The molecule has 3 aromatic heterocycles. The van der Waals surface area contributed by atoms with Crippen molar-refractivity contribution in [3.05, 3.63) is 67.0 Å². The Kier molecular flexibility index (Phi) is 4.70. The maximum Gasteiger partial charge on any atom is 0.230 e. The largest absolute Gasteiger partial charge is 0.467 e. The van der Waals surface area contributed by atoms with Crippen molar-refractivity contribution in [3.8, 4) is 11.1 Å². The lowest BCUT2D eigenvalue weighted by Gasteiger charge is -2.04. The molecule has 4 rings (SSSR count). The lowest BCUT2D eigenvalue weighted by molar-refractivity contribution is -0.118. The molecule has 6 nitrogen and oxygen atoms in total. The Labute approximate surface area is 154 Å². The molecule has 2 N–H and O–H groups in total. The second-order valence-corrected chi connectivity index (χ2v) is 6.58. The Balaban J connectivity index is 1.47. The first-order chi connectivity index (χ1) is 12.8. The molecule has 0 saturated carbocycles. The summed E-state index contributed by atoms with van der Waals surface area (Å²) in [5.41, 5.74) is 3.80. The molecule has 0 radical (unpaired) electrons. The summed E-state index contributed by atoms with van der Waals surface area (Å²) in [5, 5.41) is 3.58. The van der Waals surface area contributed by atoms with E-state index < -0.39 is 0 Å². The average Bonchev–Trinajstić information content (AvgIpc) is 3.35. The van der Waals surface area contributed by atoms with Crippen LogP contribution in [0.3, 0.4) is 0 Å². The van der Waals surface area contributed by atoms with Gasteiger partial charge in [0.1, 0.15) is 22.6 Å². The first-order valence-corrected chi connectivity index (χ1v) is 9.09. The number of amides is 1. The average molecular weight is 364 g/mol. The second kappa shape index (κ2) is 7.45. The number of benzene rings is 1. The Morgan fingerprint density at radius 3 is 2.85 bits per heavy atom. The highest BCUT2D eigenvalue weighted by Crippen LogP contribution is 2.31. The van der Waals surface area contributed by atoms with Gasteiger partial charge in [0.2, 0.25) is 5.91 Å². The van der Waals surface area contributed by atoms with Crippen molar-refractivity contribution in [2.45, 2.75) is 11.6 Å². The number of hydrogen-bond acceptors (Lipinski definition) is 5. The van der Waals surface area contributed by atoms with Crippen LogP contribution in [-0.4, -0.2) is 26.6 Å². The topological polar surface area (TPSA) is 83.8 Å². The quantitative estimate of drug-likeness (QED) is 0.403. The number of aromatic nitrogens is 3. The van der Waals surface area contributed by atoms with Crippen molar-refractivity contribution in [3.63, 3.8) is 0 Å². The number of H-pyrrole nitrogens is 1. The highest BCUT2D eigenvalue weighted by molar-refractivity contribution is 8.00. The van der Waals surface area contributed by atoms with Gasteiger partial charge in [-0.2, -0.15) is 0 Å². The van der Waals surface area contributed by atoms with Gasteiger partial charge in [0.15, 0.2) is 0 Å². The van der Waals surface area contributed by atoms with Crippen molar-refractivity contribution < 1.29 is 9.21 Å². The van der Waals surface area contributed by atoms with Crippen LogP contribution < -0.4 is 5.32 Å². The molecule has 7 heteroatoms. The fourth-order valence-corrected chi connectivity index (χ4v) is 3.44. The van der Waals surface area contributed by atoms with E-state index in [4.69, 9.17) is 4.42 Å². The summed E-state index contributed by atoms with van der Waals surface area (Å²) < 4.78 is 5.20. The van der Waals surface area contributed by atoms with Crippen molar-refractivity contribution in [1.82, 2.24) is 20.3 Å². The summed E-state index contributed by atoms with van der Waals surface area (Å²) >= 11 is 1.38. The molecule has 1 amide bonds. The summed E-state index contributed by atoms with van der Waals surface area (Å²) in [6.45, 7) is 0.381. The number of hydrogen-bond donors (Lipinski definition) is 2. The van der Waals surface area contributed by atoms with Gasteiger partial charge in [0, 0.05) is 11.8 Å². The SMILES string of the molecule is O=C(CSc1ncnc2c(-c3ccccc3)c[nH]c12)NCc1ccco1. The third-order valence-electron chi connectivity index (χ3n) is 3.89. The number of aromatic amines is 1. The zero-order valence-corrected chi connectivity index (χ0v) is 14.6. The van der Waals surface area contributed by atoms with Gasteiger partial charge in [-0.15, -0.1) is 0 Å². The van der Waals surface area contributed by atoms with Crippen molar-refractivity contribution in [2.75, 3.05) is 5.75 Å². The van der Waals surface area contributed by atoms with E-state index in [1.807, 2.05) is 42.6 Å². The summed E-state index contributed by atoms with van der Waals surface area (Å²) in [4.78, 5) is 24.0. The van der Waals surface area contributed by atoms with E-state index in [0.29, 0.717) is 6.54 Å². The molecular formula is C19H16N4O2S. The standard InChI is InChI=1S/C19H16N4O2S/c24-16(20-9-14-7-4-8-25-14)11-26-19-18-17(22-12-23-19)15(10-21-18)13-5-2-1-3-6-13/h1-8,10,12,21H,9,11H2,(H,20,24). The molecule has 0 aliphatic rings. The third kappa shape index (κ3) is 3.48. The maximum atomic E-state index is 12.0. The van der Waals surface area contributed by atoms with E-state index >= 15 is 0 Å². The minimum absolute atomic E-state index is 0.0759. The highest BCUT2D eigenvalue weighted by Gasteiger charge is 2.13.